The molecule has 0 saturated carbocycles. The van der Waals surface area contributed by atoms with Gasteiger partial charge in [-0.1, -0.05) is 194 Å². The van der Waals surface area contributed by atoms with Gasteiger partial charge in [-0.3, -0.25) is 0 Å². The summed E-state index contributed by atoms with van der Waals surface area (Å²) >= 11 is 0. The summed E-state index contributed by atoms with van der Waals surface area (Å²) in [6.45, 7) is 0. The Morgan fingerprint density at radius 1 is 0.316 bits per heavy atom. The second-order valence-electron chi connectivity index (χ2n) is 14.8. The van der Waals surface area contributed by atoms with Crippen LogP contribution in [0.15, 0.2) is 231 Å². The Kier molecular flexibility index (Phi) is 7.87. The maximum absolute atomic E-state index is 2.96. The SMILES string of the molecule is c1ccc(-c2cc(-n3c4ccccc4c4cccc([Si](c5ccccc5)(c5ccccc5)c5ccccc5)c43)c3c4ccccc4n(-c4ccccc4)c3c2)cc1. The summed E-state index contributed by atoms with van der Waals surface area (Å²) in [5.41, 5.74) is 9.50. The van der Waals surface area contributed by atoms with E-state index in [2.05, 4.69) is 240 Å². The van der Waals surface area contributed by atoms with Gasteiger partial charge in [-0.25, -0.2) is 0 Å². The van der Waals surface area contributed by atoms with Crippen molar-refractivity contribution in [3.8, 4) is 22.5 Å². The monoisotopic (exact) mass is 742 g/mol. The number of para-hydroxylation sites is 4. The predicted octanol–water partition coefficient (Wildman–Crippen LogP) is 10.9. The lowest BCUT2D eigenvalue weighted by Gasteiger charge is -2.35. The van der Waals surface area contributed by atoms with Crippen molar-refractivity contribution >= 4 is 72.4 Å². The molecule has 0 amide bonds. The number of rotatable bonds is 7. The van der Waals surface area contributed by atoms with Gasteiger partial charge in [0.2, 0.25) is 0 Å². The molecule has 11 rings (SSSR count). The van der Waals surface area contributed by atoms with Gasteiger partial charge in [-0.15, -0.1) is 0 Å². The van der Waals surface area contributed by atoms with E-state index in [9.17, 15) is 0 Å². The summed E-state index contributed by atoms with van der Waals surface area (Å²) in [5.74, 6) is 0. The van der Waals surface area contributed by atoms with Gasteiger partial charge >= 0.3 is 0 Å². The quantitative estimate of drug-likeness (QED) is 0.114. The third-order valence-electron chi connectivity index (χ3n) is 11.8. The van der Waals surface area contributed by atoms with E-state index in [4.69, 9.17) is 0 Å². The molecule has 0 aliphatic heterocycles. The molecule has 2 nitrogen and oxygen atoms in total. The van der Waals surface area contributed by atoms with E-state index in [1.54, 1.807) is 0 Å². The molecule has 0 unspecified atom stereocenters. The molecule has 0 N–H and O–H groups in total. The van der Waals surface area contributed by atoms with Crippen LogP contribution in [-0.2, 0) is 0 Å². The first-order chi connectivity index (χ1) is 28.3. The van der Waals surface area contributed by atoms with Crippen LogP contribution in [0.2, 0.25) is 0 Å². The van der Waals surface area contributed by atoms with Crippen molar-refractivity contribution in [2.75, 3.05) is 0 Å². The minimum atomic E-state index is -2.96. The average molecular weight is 743 g/mol. The molecular weight excluding hydrogens is 705 g/mol. The van der Waals surface area contributed by atoms with Gasteiger partial charge in [0.1, 0.15) is 0 Å². The van der Waals surface area contributed by atoms with Gasteiger partial charge in [-0.05, 0) is 68.3 Å². The molecular formula is C54H38N2Si. The summed E-state index contributed by atoms with van der Waals surface area (Å²) < 4.78 is 5.07. The molecule has 0 atom stereocenters. The predicted molar refractivity (Wildman–Crippen MR) is 244 cm³/mol. The average Bonchev–Trinajstić information content (AvgIpc) is 3.82. The zero-order valence-corrected chi connectivity index (χ0v) is 32.3. The second kappa shape index (κ2) is 13.5. The van der Waals surface area contributed by atoms with Crippen molar-refractivity contribution in [1.82, 2.24) is 9.13 Å². The molecule has 9 aromatic carbocycles. The van der Waals surface area contributed by atoms with E-state index in [-0.39, 0.29) is 0 Å². The molecule has 0 radical (unpaired) electrons. The zero-order valence-electron chi connectivity index (χ0n) is 31.3. The van der Waals surface area contributed by atoms with Crippen LogP contribution in [-0.4, -0.2) is 17.2 Å². The first-order valence-corrected chi connectivity index (χ1v) is 21.7. The standard InChI is InChI=1S/C54H38N2Si/c1-6-21-39(22-7-1)40-37-50-53(47-32-17-19-35-49(47)55(50)41-23-8-2-9-24-41)51(38-40)56-48-34-18-16-31-45(48)46-33-20-36-52(54(46)56)57(42-25-10-3-11-26-42,43-27-12-4-13-28-43)44-29-14-5-15-30-44/h1-38H. The first-order valence-electron chi connectivity index (χ1n) is 19.7. The summed E-state index contributed by atoms with van der Waals surface area (Å²) in [5, 5.41) is 10.4. The lowest BCUT2D eigenvalue weighted by Crippen LogP contribution is -2.75. The number of aromatic nitrogens is 2. The molecule has 0 aliphatic carbocycles. The van der Waals surface area contributed by atoms with Gasteiger partial charge in [0.25, 0.3) is 0 Å². The topological polar surface area (TPSA) is 9.86 Å². The lowest BCUT2D eigenvalue weighted by molar-refractivity contribution is 1.17. The molecule has 0 saturated heterocycles. The fourth-order valence-corrected chi connectivity index (χ4v) is 14.5. The number of fused-ring (bicyclic) bond motifs is 6. The van der Waals surface area contributed by atoms with Gasteiger partial charge in [0.05, 0.1) is 27.8 Å². The fraction of sp³-hybridized carbons (Fsp3) is 0. The van der Waals surface area contributed by atoms with Crippen LogP contribution in [0, 0.1) is 0 Å². The van der Waals surface area contributed by atoms with E-state index >= 15 is 0 Å². The van der Waals surface area contributed by atoms with Crippen molar-refractivity contribution in [2.45, 2.75) is 0 Å². The van der Waals surface area contributed by atoms with Gasteiger partial charge in [0.15, 0.2) is 8.07 Å². The summed E-state index contributed by atoms with van der Waals surface area (Å²) in [7, 11) is -2.96. The fourth-order valence-electron chi connectivity index (χ4n) is 9.51. The van der Waals surface area contributed by atoms with Gasteiger partial charge < -0.3 is 9.13 Å². The minimum Gasteiger partial charge on any atom is -0.309 e. The smallest absolute Gasteiger partial charge is 0.181 e. The molecule has 11 aromatic rings. The van der Waals surface area contributed by atoms with Crippen LogP contribution < -0.4 is 20.7 Å². The molecule has 0 fully saturated rings. The molecule has 2 heterocycles. The van der Waals surface area contributed by atoms with Crippen LogP contribution in [0.4, 0.5) is 0 Å². The highest BCUT2D eigenvalue weighted by atomic mass is 28.3. The van der Waals surface area contributed by atoms with E-state index in [1.165, 1.54) is 81.2 Å². The lowest BCUT2D eigenvalue weighted by atomic mass is 10.0. The third-order valence-corrected chi connectivity index (χ3v) is 16.6. The molecule has 0 spiro atoms. The van der Waals surface area contributed by atoms with Gasteiger partial charge in [-0.2, -0.15) is 0 Å². The van der Waals surface area contributed by atoms with Crippen molar-refractivity contribution in [2.24, 2.45) is 0 Å². The van der Waals surface area contributed by atoms with Crippen LogP contribution in [0.1, 0.15) is 0 Å². The van der Waals surface area contributed by atoms with Crippen molar-refractivity contribution < 1.29 is 0 Å². The number of benzene rings is 9. The van der Waals surface area contributed by atoms with Crippen LogP contribution >= 0.6 is 0 Å². The van der Waals surface area contributed by atoms with Crippen LogP contribution in [0.3, 0.4) is 0 Å². The van der Waals surface area contributed by atoms with Crippen LogP contribution in [0.5, 0.6) is 0 Å². The maximum Gasteiger partial charge on any atom is 0.181 e. The largest absolute Gasteiger partial charge is 0.309 e. The Morgan fingerprint density at radius 3 is 1.39 bits per heavy atom. The molecule has 268 valence electrons. The van der Waals surface area contributed by atoms with E-state index in [0.29, 0.717) is 0 Å². The normalized spacial score (nSPS) is 11.9. The Labute approximate surface area is 333 Å². The van der Waals surface area contributed by atoms with Crippen molar-refractivity contribution in [3.63, 3.8) is 0 Å². The van der Waals surface area contributed by atoms with E-state index in [1.807, 2.05) is 0 Å². The number of nitrogens with zero attached hydrogens (tertiary/aromatic N) is 2. The highest BCUT2D eigenvalue weighted by Gasteiger charge is 2.43. The highest BCUT2D eigenvalue weighted by molar-refractivity contribution is 7.20. The summed E-state index contributed by atoms with van der Waals surface area (Å²) in [4.78, 5) is 0. The second-order valence-corrected chi connectivity index (χ2v) is 18.6. The molecule has 0 aliphatic rings. The summed E-state index contributed by atoms with van der Waals surface area (Å²) in [6.07, 6.45) is 0. The Hall–Kier alpha value is -7.20. The first kappa shape index (κ1) is 33.2. The van der Waals surface area contributed by atoms with Crippen molar-refractivity contribution in [3.05, 3.63) is 231 Å². The molecule has 2 aromatic heterocycles. The molecule has 0 bridgehead atoms. The highest BCUT2D eigenvalue weighted by Crippen LogP contribution is 2.42. The zero-order chi connectivity index (χ0) is 37.8. The summed E-state index contributed by atoms with van der Waals surface area (Å²) in [6, 6.07) is 85.3. The van der Waals surface area contributed by atoms with E-state index < -0.39 is 8.07 Å². The van der Waals surface area contributed by atoms with Gasteiger partial charge in [0, 0.05) is 27.2 Å². The van der Waals surface area contributed by atoms with E-state index in [0.717, 1.165) is 5.69 Å². The Bertz CT molecular complexity index is 3110. The molecule has 57 heavy (non-hydrogen) atoms. The number of hydrogen-bond acceptors (Lipinski definition) is 0. The Morgan fingerprint density at radius 2 is 0.789 bits per heavy atom. The van der Waals surface area contributed by atoms with Crippen molar-refractivity contribution in [1.29, 1.82) is 0 Å². The number of hydrogen-bond donors (Lipinski definition) is 0. The Balaban J connectivity index is 1.38. The maximum atomic E-state index is 2.62. The molecule has 3 heteroatoms. The van der Waals surface area contributed by atoms with Crippen LogP contribution in [0.25, 0.3) is 66.1 Å². The minimum absolute atomic E-state index is 1.14. The third kappa shape index (κ3) is 5.10.